The van der Waals surface area contributed by atoms with Gasteiger partial charge in [0.05, 0.1) is 6.54 Å². The SMILES string of the molecule is Cn1ccnc1CNC(=O)c1c(O)cccc1O. The second-order valence-corrected chi connectivity index (χ2v) is 3.81. The molecule has 6 heteroatoms. The van der Waals surface area contributed by atoms with Crippen LogP contribution >= 0.6 is 0 Å². The average Bonchev–Trinajstić information content (AvgIpc) is 2.72. The smallest absolute Gasteiger partial charge is 0.259 e. The molecule has 2 rings (SSSR count). The maximum Gasteiger partial charge on any atom is 0.259 e. The van der Waals surface area contributed by atoms with E-state index in [1.54, 1.807) is 17.0 Å². The van der Waals surface area contributed by atoms with Gasteiger partial charge < -0.3 is 20.1 Å². The molecule has 3 N–H and O–H groups in total. The molecule has 1 heterocycles. The van der Waals surface area contributed by atoms with Crippen molar-refractivity contribution in [2.45, 2.75) is 6.54 Å². The van der Waals surface area contributed by atoms with Gasteiger partial charge in [-0.2, -0.15) is 0 Å². The van der Waals surface area contributed by atoms with E-state index in [4.69, 9.17) is 0 Å². The minimum absolute atomic E-state index is 0.133. The Morgan fingerprint density at radius 2 is 2.06 bits per heavy atom. The highest BCUT2D eigenvalue weighted by molar-refractivity contribution is 5.99. The largest absolute Gasteiger partial charge is 0.507 e. The third-order valence-electron chi connectivity index (χ3n) is 2.58. The fourth-order valence-corrected chi connectivity index (χ4v) is 1.58. The molecule has 1 aromatic carbocycles. The molecule has 1 aromatic heterocycles. The number of rotatable bonds is 3. The maximum atomic E-state index is 11.8. The van der Waals surface area contributed by atoms with Crippen LogP contribution in [0.4, 0.5) is 0 Å². The molecule has 0 saturated heterocycles. The number of hydrogen-bond acceptors (Lipinski definition) is 4. The van der Waals surface area contributed by atoms with Crippen molar-refractivity contribution in [1.29, 1.82) is 0 Å². The summed E-state index contributed by atoms with van der Waals surface area (Å²) in [7, 11) is 1.81. The lowest BCUT2D eigenvalue weighted by atomic mass is 10.1. The van der Waals surface area contributed by atoms with Gasteiger partial charge in [-0.3, -0.25) is 4.79 Å². The van der Waals surface area contributed by atoms with E-state index >= 15 is 0 Å². The molecule has 0 bridgehead atoms. The Labute approximate surface area is 104 Å². The lowest BCUT2D eigenvalue weighted by molar-refractivity contribution is 0.0944. The molecule has 0 unspecified atom stereocenters. The highest BCUT2D eigenvalue weighted by atomic mass is 16.3. The van der Waals surface area contributed by atoms with E-state index in [-0.39, 0.29) is 23.6 Å². The molecule has 94 valence electrons. The van der Waals surface area contributed by atoms with Crippen molar-refractivity contribution in [3.05, 3.63) is 42.0 Å². The first kappa shape index (κ1) is 12.0. The second-order valence-electron chi connectivity index (χ2n) is 3.81. The minimum atomic E-state index is -0.548. The summed E-state index contributed by atoms with van der Waals surface area (Å²) in [5.41, 5.74) is -0.133. The third kappa shape index (κ3) is 2.27. The molecule has 0 aliphatic carbocycles. The highest BCUT2D eigenvalue weighted by Crippen LogP contribution is 2.25. The van der Waals surface area contributed by atoms with Crippen molar-refractivity contribution in [2.75, 3.05) is 0 Å². The van der Waals surface area contributed by atoms with Gasteiger partial charge in [-0.15, -0.1) is 0 Å². The van der Waals surface area contributed by atoms with Crippen molar-refractivity contribution in [2.24, 2.45) is 7.05 Å². The number of nitrogens with zero attached hydrogens (tertiary/aromatic N) is 2. The van der Waals surface area contributed by atoms with Crippen LogP contribution in [0.25, 0.3) is 0 Å². The van der Waals surface area contributed by atoms with Crippen molar-refractivity contribution in [3.8, 4) is 11.5 Å². The quantitative estimate of drug-likeness (QED) is 0.747. The van der Waals surface area contributed by atoms with Crippen molar-refractivity contribution in [1.82, 2.24) is 14.9 Å². The summed E-state index contributed by atoms with van der Waals surface area (Å²) >= 11 is 0. The number of benzene rings is 1. The average molecular weight is 247 g/mol. The summed E-state index contributed by atoms with van der Waals surface area (Å²) < 4.78 is 1.77. The van der Waals surface area contributed by atoms with Crippen LogP contribution in [0.1, 0.15) is 16.2 Å². The van der Waals surface area contributed by atoms with Gasteiger partial charge in [0.15, 0.2) is 0 Å². The van der Waals surface area contributed by atoms with E-state index in [2.05, 4.69) is 10.3 Å². The summed E-state index contributed by atoms with van der Waals surface area (Å²) in [4.78, 5) is 15.9. The summed E-state index contributed by atoms with van der Waals surface area (Å²) in [5.74, 6) is -0.383. The number of amides is 1. The first-order valence-electron chi connectivity index (χ1n) is 5.35. The maximum absolute atomic E-state index is 11.8. The lowest BCUT2D eigenvalue weighted by Gasteiger charge is -2.08. The van der Waals surface area contributed by atoms with Crippen molar-refractivity contribution < 1.29 is 15.0 Å². The van der Waals surface area contributed by atoms with Gasteiger partial charge in [-0.25, -0.2) is 4.98 Å². The molecule has 2 aromatic rings. The van der Waals surface area contributed by atoms with Crippen LogP contribution in [-0.2, 0) is 13.6 Å². The third-order valence-corrected chi connectivity index (χ3v) is 2.58. The fraction of sp³-hybridized carbons (Fsp3) is 0.167. The number of aromatic hydroxyl groups is 2. The standard InChI is InChI=1S/C12H13N3O3/c1-15-6-5-13-10(15)7-14-12(18)11-8(16)3-2-4-9(11)17/h2-6,16-17H,7H2,1H3,(H,14,18). The lowest BCUT2D eigenvalue weighted by Crippen LogP contribution is -2.24. The van der Waals surface area contributed by atoms with Crippen LogP contribution in [0.5, 0.6) is 11.5 Å². The number of imidazole rings is 1. The molecule has 0 spiro atoms. The van der Waals surface area contributed by atoms with Crippen molar-refractivity contribution >= 4 is 5.91 Å². The van der Waals surface area contributed by atoms with Gasteiger partial charge >= 0.3 is 0 Å². The van der Waals surface area contributed by atoms with E-state index in [0.717, 1.165) is 0 Å². The zero-order valence-corrected chi connectivity index (χ0v) is 9.79. The van der Waals surface area contributed by atoms with Crippen LogP contribution in [0, 0.1) is 0 Å². The number of phenols is 2. The van der Waals surface area contributed by atoms with Crippen LogP contribution < -0.4 is 5.32 Å². The van der Waals surface area contributed by atoms with Gasteiger partial charge in [0.1, 0.15) is 22.9 Å². The number of aromatic nitrogens is 2. The van der Waals surface area contributed by atoms with E-state index < -0.39 is 5.91 Å². The van der Waals surface area contributed by atoms with Gasteiger partial charge in [0.2, 0.25) is 0 Å². The molecule has 0 radical (unpaired) electrons. The van der Waals surface area contributed by atoms with E-state index in [1.807, 2.05) is 7.05 Å². The Morgan fingerprint density at radius 1 is 1.39 bits per heavy atom. The number of aryl methyl sites for hydroxylation is 1. The summed E-state index contributed by atoms with van der Waals surface area (Å²) in [6, 6.07) is 4.14. The number of hydrogen-bond donors (Lipinski definition) is 3. The van der Waals surface area contributed by atoms with E-state index in [9.17, 15) is 15.0 Å². The van der Waals surface area contributed by atoms with Crippen molar-refractivity contribution in [3.63, 3.8) is 0 Å². The number of carbonyl (C=O) groups excluding carboxylic acids is 1. The molecule has 0 saturated carbocycles. The topological polar surface area (TPSA) is 87.4 Å². The Hall–Kier alpha value is -2.50. The van der Waals surface area contributed by atoms with Crippen LogP contribution in [0.15, 0.2) is 30.6 Å². The van der Waals surface area contributed by atoms with Crippen LogP contribution in [0.2, 0.25) is 0 Å². The Morgan fingerprint density at radius 3 is 2.61 bits per heavy atom. The second kappa shape index (κ2) is 4.79. The van der Waals surface area contributed by atoms with Crippen LogP contribution in [0.3, 0.4) is 0 Å². The van der Waals surface area contributed by atoms with E-state index in [1.165, 1.54) is 18.2 Å². The summed E-state index contributed by atoms with van der Waals surface area (Å²) in [5, 5.41) is 21.6. The monoisotopic (exact) mass is 247 g/mol. The highest BCUT2D eigenvalue weighted by Gasteiger charge is 2.15. The number of carbonyl (C=O) groups is 1. The number of phenolic OH excluding ortho intramolecular Hbond substituents is 2. The Bertz CT molecular complexity index is 557. The zero-order valence-electron chi connectivity index (χ0n) is 9.79. The molecule has 0 atom stereocenters. The zero-order chi connectivity index (χ0) is 13.1. The van der Waals surface area contributed by atoms with Gasteiger partial charge in [-0.05, 0) is 12.1 Å². The van der Waals surface area contributed by atoms with Crippen LogP contribution in [-0.4, -0.2) is 25.7 Å². The summed E-state index contributed by atoms with van der Waals surface area (Å²) in [6.07, 6.45) is 3.39. The van der Waals surface area contributed by atoms with Gasteiger partial charge in [0, 0.05) is 19.4 Å². The normalized spacial score (nSPS) is 10.3. The molecule has 0 aliphatic heterocycles. The molecule has 0 fully saturated rings. The summed E-state index contributed by atoms with van der Waals surface area (Å²) in [6.45, 7) is 0.218. The molecule has 0 aliphatic rings. The minimum Gasteiger partial charge on any atom is -0.507 e. The van der Waals surface area contributed by atoms with Gasteiger partial charge in [-0.1, -0.05) is 6.07 Å². The fourth-order valence-electron chi connectivity index (χ4n) is 1.58. The first-order valence-corrected chi connectivity index (χ1v) is 5.35. The van der Waals surface area contributed by atoms with E-state index in [0.29, 0.717) is 5.82 Å². The molecule has 1 amide bonds. The van der Waals surface area contributed by atoms with Gasteiger partial charge in [0.25, 0.3) is 5.91 Å². The predicted octanol–water partition coefficient (Wildman–Crippen LogP) is 0.761. The Kier molecular flexibility index (Phi) is 3.18. The molecule has 6 nitrogen and oxygen atoms in total. The molecular formula is C12H13N3O3. The first-order chi connectivity index (χ1) is 8.59. The molecular weight excluding hydrogens is 234 g/mol. The number of nitrogens with one attached hydrogen (secondary N) is 1. The predicted molar refractivity (Wildman–Crippen MR) is 64.1 cm³/mol. The molecule has 18 heavy (non-hydrogen) atoms. The Balaban J connectivity index is 2.11.